The van der Waals surface area contributed by atoms with E-state index in [0.29, 0.717) is 0 Å². The molecule has 12 aromatic carbocycles. The number of rotatable bonds is 10. The standard InChI is InChI=1S/C75H52N4/c1-7-23-53(24-8-1)75(54-25-9-2-10-26-54)67-49-61(76(55-27-11-3-12-28-55)59-41-43-71-65(47-59)63-35-19-21-37-69(63)78(71)57-31-15-5-16-32-57)45-51-39-40-52-46-62(50-68(75)74(52)73(51)67)77(56-29-13-4-14-30-56)60-42-44-72-66(48-60)64-36-20-22-38-70(64)79(72)58-33-17-6-18-34-58/h1-50,63,69H. The third-order valence-corrected chi connectivity index (χ3v) is 17.0. The smallest absolute Gasteiger partial charge is 0.0715 e. The summed E-state index contributed by atoms with van der Waals surface area (Å²) in [5, 5.41) is 7.42. The normalized spacial score (nSPS) is 15.6. The zero-order chi connectivity index (χ0) is 52.0. The first-order valence-electron chi connectivity index (χ1n) is 27.5. The highest BCUT2D eigenvalue weighted by Gasteiger charge is 2.46. The zero-order valence-corrected chi connectivity index (χ0v) is 43.3. The van der Waals surface area contributed by atoms with Gasteiger partial charge in [0.2, 0.25) is 0 Å². The second-order valence-corrected chi connectivity index (χ2v) is 21.2. The Morgan fingerprint density at radius 2 is 0.823 bits per heavy atom. The number of fused-ring (bicyclic) bond motifs is 6. The molecule has 2 atom stereocenters. The third-order valence-electron chi connectivity index (χ3n) is 17.0. The van der Waals surface area contributed by atoms with Crippen LogP contribution >= 0.6 is 0 Å². The molecule has 0 radical (unpaired) electrons. The average Bonchev–Trinajstić information content (AvgIpc) is 4.22. The second kappa shape index (κ2) is 18.0. The minimum Gasteiger partial charge on any atom is -0.333 e. The lowest BCUT2D eigenvalue weighted by atomic mass is 9.67. The summed E-state index contributed by atoms with van der Waals surface area (Å²) < 4.78 is 2.40. The van der Waals surface area contributed by atoms with Crippen LogP contribution in [0, 0.1) is 0 Å². The minimum atomic E-state index is -0.701. The van der Waals surface area contributed by atoms with Gasteiger partial charge < -0.3 is 19.3 Å². The summed E-state index contributed by atoms with van der Waals surface area (Å²) in [6.45, 7) is 0. The van der Waals surface area contributed by atoms with Gasteiger partial charge in [0.15, 0.2) is 0 Å². The minimum absolute atomic E-state index is 0.189. The molecule has 2 aliphatic carbocycles. The molecule has 0 saturated heterocycles. The van der Waals surface area contributed by atoms with E-state index in [-0.39, 0.29) is 12.0 Å². The van der Waals surface area contributed by atoms with Crippen LogP contribution in [0.15, 0.2) is 303 Å². The molecule has 0 fully saturated rings. The van der Waals surface area contributed by atoms with Crippen molar-refractivity contribution in [2.75, 3.05) is 14.7 Å². The molecule has 2 heterocycles. The van der Waals surface area contributed by atoms with E-state index in [4.69, 9.17) is 0 Å². The number of allylic oxidation sites excluding steroid dienone is 2. The van der Waals surface area contributed by atoms with Crippen LogP contribution in [-0.2, 0) is 5.41 Å². The third kappa shape index (κ3) is 6.87. The lowest BCUT2D eigenvalue weighted by molar-refractivity contribution is 0.745. The van der Waals surface area contributed by atoms with Gasteiger partial charge in [-0.3, -0.25) is 0 Å². The van der Waals surface area contributed by atoms with Gasteiger partial charge >= 0.3 is 0 Å². The Hall–Kier alpha value is -10.2. The van der Waals surface area contributed by atoms with Crippen LogP contribution in [0.4, 0.5) is 45.5 Å². The van der Waals surface area contributed by atoms with Crippen LogP contribution in [0.2, 0.25) is 0 Å². The van der Waals surface area contributed by atoms with Gasteiger partial charge in [-0.2, -0.15) is 0 Å². The highest BCUT2D eigenvalue weighted by atomic mass is 15.2. The Morgan fingerprint density at radius 3 is 1.42 bits per heavy atom. The number of para-hydroxylation sites is 5. The molecule has 372 valence electrons. The molecule has 0 N–H and O–H groups in total. The number of aromatic nitrogens is 1. The number of nitrogens with zero attached hydrogens (tertiary/aromatic N) is 4. The number of benzene rings is 12. The van der Waals surface area contributed by atoms with Crippen LogP contribution in [-0.4, -0.2) is 10.6 Å². The maximum Gasteiger partial charge on any atom is 0.0715 e. The summed E-state index contributed by atoms with van der Waals surface area (Å²) in [5.74, 6) is 0.208. The van der Waals surface area contributed by atoms with Crippen LogP contribution in [0.3, 0.4) is 0 Å². The zero-order valence-electron chi connectivity index (χ0n) is 43.3. The monoisotopic (exact) mass is 1010 g/mol. The van der Waals surface area contributed by atoms with Gasteiger partial charge in [-0.25, -0.2) is 0 Å². The van der Waals surface area contributed by atoms with Crippen molar-refractivity contribution in [3.8, 4) is 5.69 Å². The topological polar surface area (TPSA) is 14.7 Å². The van der Waals surface area contributed by atoms with Gasteiger partial charge in [0.25, 0.3) is 0 Å². The predicted molar refractivity (Wildman–Crippen MR) is 330 cm³/mol. The molecule has 3 aliphatic rings. The summed E-state index contributed by atoms with van der Waals surface area (Å²) in [6.07, 6.45) is 9.16. The Bertz CT molecular complexity index is 4510. The molecular formula is C75H52N4. The lowest BCUT2D eigenvalue weighted by Crippen LogP contribution is -2.29. The Morgan fingerprint density at radius 1 is 0.342 bits per heavy atom. The van der Waals surface area contributed by atoms with Crippen LogP contribution in [0.5, 0.6) is 0 Å². The average molecular weight is 1010 g/mol. The SMILES string of the molecule is C1=CC2c3cc(N(c4ccccc4)c4cc5c6c(ccc7cc(N(c8ccccc8)c8ccc9c(c8)c8ccccc8n9-c8ccccc8)cc(c76)C5(c5ccccc5)c5ccccc5)c4)ccc3N(c3ccccc3)C2C=C1. The molecule has 1 aromatic heterocycles. The molecule has 0 spiro atoms. The summed E-state index contributed by atoms with van der Waals surface area (Å²) >= 11 is 0. The molecule has 79 heavy (non-hydrogen) atoms. The molecule has 1 aliphatic heterocycles. The van der Waals surface area contributed by atoms with E-state index in [1.807, 2.05) is 0 Å². The van der Waals surface area contributed by atoms with Gasteiger partial charge in [-0.05, 0) is 165 Å². The molecule has 13 aromatic rings. The quantitative estimate of drug-likeness (QED) is 0.127. The van der Waals surface area contributed by atoms with E-state index in [0.717, 1.165) is 39.8 Å². The highest BCUT2D eigenvalue weighted by Crippen LogP contribution is 2.59. The first-order chi connectivity index (χ1) is 39.2. The van der Waals surface area contributed by atoms with Crippen molar-refractivity contribution in [3.63, 3.8) is 0 Å². The van der Waals surface area contributed by atoms with E-state index in [2.05, 4.69) is 323 Å². The summed E-state index contributed by atoms with van der Waals surface area (Å²) in [4.78, 5) is 7.47. The van der Waals surface area contributed by atoms with Crippen molar-refractivity contribution in [1.82, 2.24) is 4.57 Å². The largest absolute Gasteiger partial charge is 0.333 e. The maximum absolute atomic E-state index is 2.52. The van der Waals surface area contributed by atoms with E-state index in [1.54, 1.807) is 0 Å². The summed E-state index contributed by atoms with van der Waals surface area (Å²) in [7, 11) is 0. The van der Waals surface area contributed by atoms with Crippen molar-refractivity contribution in [3.05, 3.63) is 331 Å². The molecule has 16 rings (SSSR count). The fraction of sp³-hybridized carbons (Fsp3) is 0.0400. The van der Waals surface area contributed by atoms with Crippen molar-refractivity contribution >= 4 is 88.8 Å². The van der Waals surface area contributed by atoms with Gasteiger partial charge in [-0.15, -0.1) is 0 Å². The molecule has 4 nitrogen and oxygen atoms in total. The van der Waals surface area contributed by atoms with Crippen LogP contribution < -0.4 is 14.7 Å². The predicted octanol–water partition coefficient (Wildman–Crippen LogP) is 19.5. The van der Waals surface area contributed by atoms with Gasteiger partial charge in [-0.1, -0.05) is 188 Å². The van der Waals surface area contributed by atoms with Gasteiger partial charge in [0.05, 0.1) is 22.5 Å². The van der Waals surface area contributed by atoms with E-state index in [1.165, 1.54) is 82.5 Å². The molecule has 2 unspecified atom stereocenters. The second-order valence-electron chi connectivity index (χ2n) is 21.2. The van der Waals surface area contributed by atoms with Gasteiger partial charge in [0.1, 0.15) is 0 Å². The van der Waals surface area contributed by atoms with Crippen molar-refractivity contribution in [2.45, 2.75) is 17.4 Å². The number of anilines is 8. The number of hydrogen-bond acceptors (Lipinski definition) is 3. The van der Waals surface area contributed by atoms with Crippen molar-refractivity contribution < 1.29 is 0 Å². The molecular weight excluding hydrogens is 957 g/mol. The fourth-order valence-corrected chi connectivity index (χ4v) is 13.8. The fourth-order valence-electron chi connectivity index (χ4n) is 13.8. The first kappa shape index (κ1) is 45.1. The summed E-state index contributed by atoms with van der Waals surface area (Å²) in [5.41, 5.74) is 18.2. The summed E-state index contributed by atoms with van der Waals surface area (Å²) in [6, 6.07) is 104. The van der Waals surface area contributed by atoms with Crippen molar-refractivity contribution in [2.24, 2.45) is 0 Å². The Labute approximate surface area is 459 Å². The first-order valence-corrected chi connectivity index (χ1v) is 27.5. The Kier molecular flexibility index (Phi) is 10.3. The highest BCUT2D eigenvalue weighted by molar-refractivity contribution is 6.18. The van der Waals surface area contributed by atoms with Crippen LogP contribution in [0.25, 0.3) is 49.0 Å². The van der Waals surface area contributed by atoms with E-state index in [9.17, 15) is 0 Å². The Balaban J connectivity index is 0.930. The molecule has 0 bridgehead atoms. The van der Waals surface area contributed by atoms with Gasteiger partial charge in [0, 0.05) is 67.9 Å². The molecule has 4 heteroatoms. The van der Waals surface area contributed by atoms with E-state index >= 15 is 0 Å². The van der Waals surface area contributed by atoms with E-state index < -0.39 is 5.41 Å². The molecule has 0 saturated carbocycles. The maximum atomic E-state index is 2.52. The van der Waals surface area contributed by atoms with Crippen LogP contribution in [0.1, 0.15) is 33.7 Å². The number of hydrogen-bond donors (Lipinski definition) is 0. The lowest BCUT2D eigenvalue weighted by Gasteiger charge is -2.36. The van der Waals surface area contributed by atoms with Crippen molar-refractivity contribution in [1.29, 1.82) is 0 Å². The molecule has 0 amide bonds.